The Kier molecular flexibility index (Phi) is 5.44. The van der Waals surface area contributed by atoms with Crippen molar-refractivity contribution in [2.75, 3.05) is 12.4 Å². The minimum absolute atomic E-state index is 0.0372. The van der Waals surface area contributed by atoms with Gasteiger partial charge in [0, 0.05) is 25.5 Å². The standard InChI is InChI=1S/C19H23NO8/c1-9(21)20-12-7-10-5-6-11(8-13(10)27-17(12)24)26-18-15(23)14(22)16(25-4)19(2,3)28-18/h5-8,14-16,18,22-23H,1-4H3,(H,20,21)/t14?,15-,16+,18+/m0/s1. The monoisotopic (exact) mass is 393 g/mol. The average molecular weight is 393 g/mol. The molecule has 0 spiro atoms. The van der Waals surface area contributed by atoms with Crippen molar-refractivity contribution in [1.82, 2.24) is 0 Å². The van der Waals surface area contributed by atoms with E-state index >= 15 is 0 Å². The molecule has 1 saturated heterocycles. The predicted octanol–water partition coefficient (Wildman–Crippen LogP) is 1.00. The molecule has 28 heavy (non-hydrogen) atoms. The summed E-state index contributed by atoms with van der Waals surface area (Å²) in [7, 11) is 1.42. The zero-order chi connectivity index (χ0) is 20.6. The topological polar surface area (TPSA) is 127 Å². The van der Waals surface area contributed by atoms with Gasteiger partial charge in [-0.15, -0.1) is 0 Å². The molecule has 1 aromatic carbocycles. The Hall–Kier alpha value is -2.46. The van der Waals surface area contributed by atoms with E-state index < -0.39 is 35.8 Å². The Morgan fingerprint density at radius 3 is 2.57 bits per heavy atom. The highest BCUT2D eigenvalue weighted by Gasteiger charge is 2.50. The molecule has 2 aromatic rings. The van der Waals surface area contributed by atoms with Gasteiger partial charge in [-0.3, -0.25) is 4.79 Å². The number of ether oxygens (including phenoxy) is 3. The number of nitrogens with one attached hydrogen (secondary N) is 1. The minimum Gasteiger partial charge on any atom is -0.462 e. The highest BCUT2D eigenvalue weighted by Crippen LogP contribution is 2.33. The highest BCUT2D eigenvalue weighted by atomic mass is 16.7. The van der Waals surface area contributed by atoms with Crippen molar-refractivity contribution in [3.8, 4) is 5.75 Å². The number of amides is 1. The quantitative estimate of drug-likeness (QED) is 0.657. The van der Waals surface area contributed by atoms with Gasteiger partial charge in [0.25, 0.3) is 0 Å². The number of fused-ring (bicyclic) bond motifs is 1. The maximum absolute atomic E-state index is 12.0. The van der Waals surface area contributed by atoms with E-state index in [1.165, 1.54) is 26.2 Å². The largest absolute Gasteiger partial charge is 0.462 e. The number of methoxy groups -OCH3 is 1. The molecule has 1 aromatic heterocycles. The zero-order valence-corrected chi connectivity index (χ0v) is 16.0. The maximum atomic E-state index is 12.0. The van der Waals surface area contributed by atoms with Crippen LogP contribution in [0, 0.1) is 0 Å². The summed E-state index contributed by atoms with van der Waals surface area (Å²) < 4.78 is 21.9. The van der Waals surface area contributed by atoms with Crippen molar-refractivity contribution in [2.45, 2.75) is 51.0 Å². The van der Waals surface area contributed by atoms with Crippen LogP contribution in [0.4, 0.5) is 5.69 Å². The summed E-state index contributed by atoms with van der Waals surface area (Å²) in [6.45, 7) is 4.73. The van der Waals surface area contributed by atoms with Crippen LogP contribution in [0.25, 0.3) is 11.0 Å². The number of carbonyl (C=O) groups is 1. The molecule has 1 aliphatic rings. The van der Waals surface area contributed by atoms with Gasteiger partial charge >= 0.3 is 5.63 Å². The molecular formula is C19H23NO8. The van der Waals surface area contributed by atoms with Crippen LogP contribution in [0.2, 0.25) is 0 Å². The molecule has 1 amide bonds. The second kappa shape index (κ2) is 7.51. The highest BCUT2D eigenvalue weighted by molar-refractivity contribution is 5.91. The lowest BCUT2D eigenvalue weighted by Crippen LogP contribution is -2.63. The van der Waals surface area contributed by atoms with E-state index in [1.807, 2.05) is 0 Å². The van der Waals surface area contributed by atoms with Crippen LogP contribution in [0.3, 0.4) is 0 Å². The van der Waals surface area contributed by atoms with Crippen molar-refractivity contribution in [1.29, 1.82) is 0 Å². The Morgan fingerprint density at radius 1 is 1.21 bits per heavy atom. The Morgan fingerprint density at radius 2 is 1.93 bits per heavy atom. The van der Waals surface area contributed by atoms with Gasteiger partial charge < -0.3 is 34.2 Å². The van der Waals surface area contributed by atoms with E-state index in [0.717, 1.165) is 0 Å². The SMILES string of the molecule is CO[C@@H]1C(O)[C@H](O)[C@H](Oc2ccc3cc(NC(C)=O)c(=O)oc3c2)OC1(C)C. The third-order valence-corrected chi connectivity index (χ3v) is 4.57. The zero-order valence-electron chi connectivity index (χ0n) is 16.0. The molecule has 152 valence electrons. The van der Waals surface area contributed by atoms with Gasteiger partial charge in [0.05, 0.1) is 5.60 Å². The molecule has 0 saturated carbocycles. The van der Waals surface area contributed by atoms with Crippen molar-refractivity contribution in [2.24, 2.45) is 0 Å². The number of rotatable bonds is 4. The van der Waals surface area contributed by atoms with E-state index in [0.29, 0.717) is 5.39 Å². The van der Waals surface area contributed by atoms with Crippen LogP contribution in [0.5, 0.6) is 5.75 Å². The number of hydrogen-bond donors (Lipinski definition) is 3. The molecule has 1 aliphatic heterocycles. The maximum Gasteiger partial charge on any atom is 0.360 e. The molecule has 3 rings (SSSR count). The predicted molar refractivity (Wildman–Crippen MR) is 99.2 cm³/mol. The number of carbonyl (C=O) groups excluding carboxylic acids is 1. The average Bonchev–Trinajstić information content (AvgIpc) is 2.60. The molecule has 1 unspecified atom stereocenters. The Bertz CT molecular complexity index is 937. The van der Waals surface area contributed by atoms with E-state index in [2.05, 4.69) is 5.32 Å². The number of benzene rings is 1. The number of hydrogen-bond acceptors (Lipinski definition) is 8. The van der Waals surface area contributed by atoms with Gasteiger partial charge in [-0.05, 0) is 32.0 Å². The molecule has 9 heteroatoms. The van der Waals surface area contributed by atoms with E-state index in [9.17, 15) is 19.8 Å². The van der Waals surface area contributed by atoms with E-state index in [1.54, 1.807) is 26.0 Å². The van der Waals surface area contributed by atoms with Gasteiger partial charge in [0.15, 0.2) is 0 Å². The van der Waals surface area contributed by atoms with Crippen LogP contribution >= 0.6 is 0 Å². The van der Waals surface area contributed by atoms with Crippen LogP contribution in [0.15, 0.2) is 33.5 Å². The van der Waals surface area contributed by atoms with E-state index in [4.69, 9.17) is 18.6 Å². The third-order valence-electron chi connectivity index (χ3n) is 4.57. The first kappa shape index (κ1) is 20.3. The second-order valence-electron chi connectivity index (χ2n) is 7.17. The lowest BCUT2D eigenvalue weighted by Gasteiger charge is -2.46. The third kappa shape index (κ3) is 3.88. The van der Waals surface area contributed by atoms with Crippen molar-refractivity contribution >= 4 is 22.6 Å². The summed E-state index contributed by atoms with van der Waals surface area (Å²) in [5, 5.41) is 23.6. The van der Waals surface area contributed by atoms with Gasteiger partial charge in [0.2, 0.25) is 12.2 Å². The van der Waals surface area contributed by atoms with Crippen LogP contribution in [-0.4, -0.2) is 53.4 Å². The molecule has 4 atom stereocenters. The molecule has 0 bridgehead atoms. The first-order valence-corrected chi connectivity index (χ1v) is 8.71. The van der Waals surface area contributed by atoms with Crippen LogP contribution in [-0.2, 0) is 14.3 Å². The molecule has 1 fully saturated rings. The lowest BCUT2D eigenvalue weighted by atomic mass is 9.89. The summed E-state index contributed by atoms with van der Waals surface area (Å²) in [6, 6.07) is 6.19. The summed E-state index contributed by atoms with van der Waals surface area (Å²) in [5.41, 5.74) is -1.34. The van der Waals surface area contributed by atoms with E-state index in [-0.39, 0.29) is 22.9 Å². The fourth-order valence-corrected chi connectivity index (χ4v) is 3.28. The number of anilines is 1. The Balaban J connectivity index is 1.86. The summed E-state index contributed by atoms with van der Waals surface area (Å²) in [4.78, 5) is 23.1. The molecule has 2 heterocycles. The number of aliphatic hydroxyl groups is 2. The molecule has 9 nitrogen and oxygen atoms in total. The summed E-state index contributed by atoms with van der Waals surface area (Å²) in [5.74, 6) is -0.114. The first-order valence-electron chi connectivity index (χ1n) is 8.71. The molecule has 0 radical (unpaired) electrons. The fourth-order valence-electron chi connectivity index (χ4n) is 3.28. The smallest absolute Gasteiger partial charge is 0.360 e. The molecular weight excluding hydrogens is 370 g/mol. The van der Waals surface area contributed by atoms with Crippen LogP contribution in [0.1, 0.15) is 20.8 Å². The second-order valence-corrected chi connectivity index (χ2v) is 7.17. The molecule has 3 N–H and O–H groups in total. The fraction of sp³-hybridized carbons (Fsp3) is 0.474. The van der Waals surface area contributed by atoms with Crippen LogP contribution < -0.4 is 15.7 Å². The van der Waals surface area contributed by atoms with Gasteiger partial charge in [0.1, 0.15) is 35.3 Å². The lowest BCUT2D eigenvalue weighted by molar-refractivity contribution is -0.305. The van der Waals surface area contributed by atoms with Gasteiger partial charge in [-0.25, -0.2) is 4.79 Å². The van der Waals surface area contributed by atoms with Crippen molar-refractivity contribution in [3.05, 3.63) is 34.7 Å². The minimum atomic E-state index is -1.34. The first-order chi connectivity index (χ1) is 13.1. The van der Waals surface area contributed by atoms with Gasteiger partial charge in [-0.1, -0.05) is 0 Å². The number of aliphatic hydroxyl groups excluding tert-OH is 2. The summed E-state index contributed by atoms with van der Waals surface area (Å²) in [6.07, 6.45) is -4.44. The normalized spacial score (nSPS) is 26.8. The Labute approximate surface area is 160 Å². The summed E-state index contributed by atoms with van der Waals surface area (Å²) >= 11 is 0. The molecule has 0 aliphatic carbocycles. The van der Waals surface area contributed by atoms with Gasteiger partial charge in [-0.2, -0.15) is 0 Å². The van der Waals surface area contributed by atoms with Crippen molar-refractivity contribution in [3.63, 3.8) is 0 Å². The van der Waals surface area contributed by atoms with Crippen molar-refractivity contribution < 1.29 is 33.6 Å².